The van der Waals surface area contributed by atoms with Gasteiger partial charge in [-0.05, 0) is 49.8 Å². The molecule has 4 nitrogen and oxygen atoms in total. The van der Waals surface area contributed by atoms with E-state index in [0.717, 1.165) is 47.1 Å². The summed E-state index contributed by atoms with van der Waals surface area (Å²) in [5.41, 5.74) is 3.17. The monoisotopic (exact) mass is 465 g/mol. The molecule has 1 amide bonds. The van der Waals surface area contributed by atoms with Gasteiger partial charge in [-0.1, -0.05) is 65.9 Å². The molecule has 33 heavy (non-hydrogen) atoms. The topological polar surface area (TPSA) is 36.4 Å². The average molecular weight is 466 g/mol. The van der Waals surface area contributed by atoms with Crippen LogP contribution in [0.1, 0.15) is 12.0 Å². The molecule has 0 aliphatic carbocycles. The standard InChI is InChI=1S/C26H25F2N3OS/c1-30(2)13-6-14-31(26-29-25-22(28)16-21(27)17-23(25)33-26)24(32)15-18-9-11-20(12-10-18)19-7-4-3-5-8-19/h3-5,7-12,16-17H,6,13-15H2,1-2H3. The lowest BCUT2D eigenvalue weighted by Crippen LogP contribution is -2.34. The first-order chi connectivity index (χ1) is 15.9. The number of fused-ring (bicyclic) bond motifs is 1. The fraction of sp³-hybridized carbons (Fsp3) is 0.231. The Morgan fingerprint density at radius 1 is 0.939 bits per heavy atom. The van der Waals surface area contributed by atoms with E-state index in [1.807, 2.05) is 73.6 Å². The van der Waals surface area contributed by atoms with Gasteiger partial charge < -0.3 is 4.90 Å². The van der Waals surface area contributed by atoms with Crippen LogP contribution in [0.25, 0.3) is 21.3 Å². The van der Waals surface area contributed by atoms with Crippen LogP contribution in [0.2, 0.25) is 0 Å². The number of halogens is 2. The second-order valence-electron chi connectivity index (χ2n) is 8.17. The van der Waals surface area contributed by atoms with Crippen LogP contribution in [0.3, 0.4) is 0 Å². The molecule has 0 atom stereocenters. The van der Waals surface area contributed by atoms with Crippen LogP contribution in [0.4, 0.5) is 13.9 Å². The van der Waals surface area contributed by atoms with Gasteiger partial charge in [0.15, 0.2) is 10.9 Å². The van der Waals surface area contributed by atoms with Crippen molar-refractivity contribution in [3.05, 3.63) is 83.9 Å². The molecule has 4 aromatic rings. The van der Waals surface area contributed by atoms with Crippen LogP contribution in [-0.4, -0.2) is 43.0 Å². The maximum Gasteiger partial charge on any atom is 0.233 e. The van der Waals surface area contributed by atoms with Gasteiger partial charge in [0, 0.05) is 12.6 Å². The number of hydrogen-bond donors (Lipinski definition) is 0. The summed E-state index contributed by atoms with van der Waals surface area (Å²) in [6.07, 6.45) is 0.933. The fourth-order valence-corrected chi connectivity index (χ4v) is 4.70. The SMILES string of the molecule is CN(C)CCCN(C(=O)Cc1ccc(-c2ccccc2)cc1)c1nc2c(F)cc(F)cc2s1. The zero-order valence-electron chi connectivity index (χ0n) is 18.6. The molecule has 0 saturated carbocycles. The molecule has 4 rings (SSSR count). The van der Waals surface area contributed by atoms with E-state index in [2.05, 4.69) is 4.98 Å². The minimum Gasteiger partial charge on any atom is -0.309 e. The summed E-state index contributed by atoms with van der Waals surface area (Å²) in [4.78, 5) is 21.3. The number of aromatic nitrogens is 1. The van der Waals surface area contributed by atoms with Crippen LogP contribution >= 0.6 is 11.3 Å². The summed E-state index contributed by atoms with van der Waals surface area (Å²) in [7, 11) is 3.94. The highest BCUT2D eigenvalue weighted by Crippen LogP contribution is 2.32. The number of anilines is 1. The quantitative estimate of drug-likeness (QED) is 0.332. The van der Waals surface area contributed by atoms with Crippen LogP contribution in [0.15, 0.2) is 66.7 Å². The van der Waals surface area contributed by atoms with Gasteiger partial charge >= 0.3 is 0 Å². The summed E-state index contributed by atoms with van der Waals surface area (Å²) in [6, 6.07) is 20.0. The van der Waals surface area contributed by atoms with Crippen LogP contribution < -0.4 is 4.90 Å². The number of thiazole rings is 1. The summed E-state index contributed by atoms with van der Waals surface area (Å²) < 4.78 is 28.2. The highest BCUT2D eigenvalue weighted by atomic mass is 32.1. The number of carbonyl (C=O) groups excluding carboxylic acids is 1. The van der Waals surface area contributed by atoms with Crippen molar-refractivity contribution in [2.75, 3.05) is 32.1 Å². The van der Waals surface area contributed by atoms with Crippen molar-refractivity contribution >= 4 is 32.6 Å². The average Bonchev–Trinajstić information content (AvgIpc) is 3.21. The normalized spacial score (nSPS) is 11.3. The highest BCUT2D eigenvalue weighted by Gasteiger charge is 2.21. The predicted molar refractivity (Wildman–Crippen MR) is 131 cm³/mol. The predicted octanol–water partition coefficient (Wildman–Crippen LogP) is 5.77. The van der Waals surface area contributed by atoms with Crippen molar-refractivity contribution < 1.29 is 13.6 Å². The molecule has 0 bridgehead atoms. The zero-order valence-corrected chi connectivity index (χ0v) is 19.4. The molecule has 7 heteroatoms. The summed E-state index contributed by atoms with van der Waals surface area (Å²) in [5.74, 6) is -1.50. The van der Waals surface area contributed by atoms with Crippen molar-refractivity contribution in [3.8, 4) is 11.1 Å². The number of rotatable bonds is 8. The molecular weight excluding hydrogens is 440 g/mol. The van der Waals surface area contributed by atoms with E-state index in [-0.39, 0.29) is 17.8 Å². The van der Waals surface area contributed by atoms with Crippen LogP contribution in [0.5, 0.6) is 0 Å². The lowest BCUT2D eigenvalue weighted by molar-refractivity contribution is -0.118. The number of carbonyl (C=O) groups is 1. The van der Waals surface area contributed by atoms with E-state index in [4.69, 9.17) is 0 Å². The van der Waals surface area contributed by atoms with E-state index in [0.29, 0.717) is 16.4 Å². The first kappa shape index (κ1) is 23.0. The molecule has 0 spiro atoms. The smallest absolute Gasteiger partial charge is 0.233 e. The molecule has 0 radical (unpaired) electrons. The van der Waals surface area contributed by atoms with Gasteiger partial charge in [0.25, 0.3) is 0 Å². The summed E-state index contributed by atoms with van der Waals surface area (Å²) in [6.45, 7) is 1.24. The Hall–Kier alpha value is -3.16. The third-order valence-corrected chi connectivity index (χ3v) is 6.36. The first-order valence-electron chi connectivity index (χ1n) is 10.8. The minimum absolute atomic E-state index is 0.0917. The van der Waals surface area contributed by atoms with E-state index in [1.54, 1.807) is 4.90 Å². The van der Waals surface area contributed by atoms with Gasteiger partial charge in [0.1, 0.15) is 11.3 Å². The summed E-state index contributed by atoms with van der Waals surface area (Å²) >= 11 is 1.13. The van der Waals surface area contributed by atoms with Crippen LogP contribution in [-0.2, 0) is 11.2 Å². The summed E-state index contributed by atoms with van der Waals surface area (Å²) in [5, 5.41) is 0.388. The molecule has 1 aromatic heterocycles. The van der Waals surface area contributed by atoms with Crippen molar-refractivity contribution in [2.45, 2.75) is 12.8 Å². The Kier molecular flexibility index (Phi) is 7.11. The Bertz CT molecular complexity index is 1240. The second-order valence-corrected chi connectivity index (χ2v) is 9.18. The largest absolute Gasteiger partial charge is 0.309 e. The van der Waals surface area contributed by atoms with Crippen molar-refractivity contribution in [2.24, 2.45) is 0 Å². The Morgan fingerprint density at radius 2 is 1.64 bits per heavy atom. The number of benzene rings is 3. The molecular formula is C26H25F2N3OS. The van der Waals surface area contributed by atoms with E-state index in [1.165, 1.54) is 6.07 Å². The molecule has 0 N–H and O–H groups in total. The second kappa shape index (κ2) is 10.2. The number of hydrogen-bond acceptors (Lipinski definition) is 4. The molecule has 0 aliphatic heterocycles. The number of amides is 1. The van der Waals surface area contributed by atoms with Crippen molar-refractivity contribution in [1.82, 2.24) is 9.88 Å². The van der Waals surface area contributed by atoms with Gasteiger partial charge in [-0.15, -0.1) is 0 Å². The van der Waals surface area contributed by atoms with E-state index < -0.39 is 11.6 Å². The van der Waals surface area contributed by atoms with Crippen LogP contribution in [0, 0.1) is 11.6 Å². The lowest BCUT2D eigenvalue weighted by Gasteiger charge is -2.21. The first-order valence-corrected chi connectivity index (χ1v) is 11.6. The fourth-order valence-electron chi connectivity index (χ4n) is 3.65. The Morgan fingerprint density at radius 3 is 2.33 bits per heavy atom. The third-order valence-electron chi connectivity index (χ3n) is 5.34. The molecule has 0 unspecified atom stereocenters. The maximum absolute atomic E-state index is 14.2. The molecule has 0 saturated heterocycles. The van der Waals surface area contributed by atoms with Gasteiger partial charge in [-0.3, -0.25) is 9.69 Å². The van der Waals surface area contributed by atoms with Gasteiger partial charge in [0.2, 0.25) is 5.91 Å². The maximum atomic E-state index is 14.2. The highest BCUT2D eigenvalue weighted by molar-refractivity contribution is 7.22. The van der Waals surface area contributed by atoms with E-state index in [9.17, 15) is 13.6 Å². The molecule has 0 aliphatic rings. The van der Waals surface area contributed by atoms with Gasteiger partial charge in [-0.2, -0.15) is 0 Å². The zero-order chi connectivity index (χ0) is 23.4. The number of nitrogens with zero attached hydrogens (tertiary/aromatic N) is 3. The molecule has 1 heterocycles. The Balaban J connectivity index is 1.56. The lowest BCUT2D eigenvalue weighted by atomic mass is 10.0. The minimum atomic E-state index is -0.718. The molecule has 0 fully saturated rings. The Labute approximate surface area is 196 Å². The van der Waals surface area contributed by atoms with Crippen molar-refractivity contribution in [3.63, 3.8) is 0 Å². The van der Waals surface area contributed by atoms with Gasteiger partial charge in [-0.25, -0.2) is 13.8 Å². The van der Waals surface area contributed by atoms with Gasteiger partial charge in [0.05, 0.1) is 11.1 Å². The molecule has 170 valence electrons. The molecule has 3 aromatic carbocycles. The van der Waals surface area contributed by atoms with Crippen molar-refractivity contribution in [1.29, 1.82) is 0 Å². The third kappa shape index (κ3) is 5.61. The van der Waals surface area contributed by atoms with E-state index >= 15 is 0 Å².